The van der Waals surface area contributed by atoms with E-state index in [1.165, 1.54) is 46.3 Å². The van der Waals surface area contributed by atoms with E-state index in [0.29, 0.717) is 0 Å². The van der Waals surface area contributed by atoms with Gasteiger partial charge in [0.2, 0.25) is 0 Å². The smallest absolute Gasteiger partial charge is 0.190 e. The first-order valence-corrected chi connectivity index (χ1v) is 10.6. The molecule has 4 nitrogen and oxygen atoms in total. The molecular formula is C17H26N4S2. The van der Waals surface area contributed by atoms with Crippen LogP contribution in [-0.2, 0) is 12.8 Å². The average Bonchev–Trinajstić information content (AvgIpc) is 2.97. The van der Waals surface area contributed by atoms with Gasteiger partial charge in [-0.3, -0.25) is 0 Å². The van der Waals surface area contributed by atoms with Crippen molar-refractivity contribution < 1.29 is 0 Å². The molecule has 0 spiro atoms. The van der Waals surface area contributed by atoms with E-state index in [9.17, 15) is 0 Å². The Morgan fingerprint density at radius 1 is 1.17 bits per heavy atom. The predicted molar refractivity (Wildman–Crippen MR) is 102 cm³/mol. The lowest BCUT2D eigenvalue weighted by molar-refractivity contribution is 0.316. The Morgan fingerprint density at radius 2 is 1.96 bits per heavy atom. The van der Waals surface area contributed by atoms with Crippen LogP contribution < -0.4 is 5.32 Å². The molecule has 0 radical (unpaired) electrons. The van der Waals surface area contributed by atoms with Crippen LogP contribution in [0.15, 0.2) is 5.16 Å². The van der Waals surface area contributed by atoms with Crippen molar-refractivity contribution in [2.75, 3.05) is 37.8 Å². The minimum absolute atomic E-state index is 0.876. The topological polar surface area (TPSA) is 41.0 Å². The first-order chi connectivity index (χ1) is 11.3. The third kappa shape index (κ3) is 3.64. The number of nitrogens with zero attached hydrogens (tertiary/aromatic N) is 3. The Labute approximate surface area is 147 Å². The zero-order valence-corrected chi connectivity index (χ0v) is 15.9. The van der Waals surface area contributed by atoms with Crippen LogP contribution in [0.4, 0.5) is 5.82 Å². The minimum Gasteiger partial charge on any atom is -0.368 e. The predicted octanol–water partition coefficient (Wildman–Crippen LogP) is 4.05. The molecule has 2 aromatic heterocycles. The molecule has 0 aromatic carbocycles. The largest absolute Gasteiger partial charge is 0.368 e. The molecule has 0 fully saturated rings. The molecule has 0 unspecified atom stereocenters. The number of rotatable bonds is 7. The van der Waals surface area contributed by atoms with Gasteiger partial charge in [-0.2, -0.15) is 0 Å². The fourth-order valence-electron chi connectivity index (χ4n) is 3.23. The maximum atomic E-state index is 4.78. The molecule has 6 heteroatoms. The van der Waals surface area contributed by atoms with Crippen LogP contribution in [0.1, 0.15) is 37.1 Å². The molecule has 1 aliphatic carbocycles. The number of fused-ring (bicyclic) bond motifs is 3. The lowest BCUT2D eigenvalue weighted by Crippen LogP contribution is -2.28. The van der Waals surface area contributed by atoms with Gasteiger partial charge in [0.05, 0.1) is 5.39 Å². The number of likely N-dealkylation sites (N-methyl/N-ethyl adjacent to an activating group) is 1. The Morgan fingerprint density at radius 3 is 2.70 bits per heavy atom. The molecule has 2 heterocycles. The number of aryl methyl sites for hydroxylation is 2. The molecule has 0 bridgehead atoms. The van der Waals surface area contributed by atoms with Crippen LogP contribution in [0.2, 0.25) is 0 Å². The molecular weight excluding hydrogens is 324 g/mol. The molecule has 0 saturated heterocycles. The summed E-state index contributed by atoms with van der Waals surface area (Å²) in [6, 6.07) is 0. The highest BCUT2D eigenvalue weighted by Crippen LogP contribution is 2.39. The number of hydrogen-bond acceptors (Lipinski definition) is 6. The van der Waals surface area contributed by atoms with Gasteiger partial charge in [-0.1, -0.05) is 25.6 Å². The highest BCUT2D eigenvalue weighted by Gasteiger charge is 2.21. The van der Waals surface area contributed by atoms with Crippen LogP contribution in [-0.4, -0.2) is 47.3 Å². The number of aromatic nitrogens is 2. The van der Waals surface area contributed by atoms with Gasteiger partial charge in [-0.05, 0) is 50.6 Å². The van der Waals surface area contributed by atoms with Crippen LogP contribution >= 0.6 is 23.1 Å². The van der Waals surface area contributed by atoms with E-state index in [4.69, 9.17) is 9.97 Å². The monoisotopic (exact) mass is 350 g/mol. The van der Waals surface area contributed by atoms with Crippen molar-refractivity contribution in [1.29, 1.82) is 0 Å². The minimum atomic E-state index is 0.876. The Bertz CT molecular complexity index is 664. The van der Waals surface area contributed by atoms with Crippen molar-refractivity contribution in [3.63, 3.8) is 0 Å². The van der Waals surface area contributed by atoms with E-state index in [0.717, 1.165) is 37.2 Å². The van der Waals surface area contributed by atoms with Crippen LogP contribution in [0.5, 0.6) is 0 Å². The van der Waals surface area contributed by atoms with Gasteiger partial charge in [-0.15, -0.1) is 11.3 Å². The van der Waals surface area contributed by atoms with E-state index in [-0.39, 0.29) is 0 Å². The fourth-order valence-corrected chi connectivity index (χ4v) is 4.91. The average molecular weight is 351 g/mol. The molecule has 1 N–H and O–H groups in total. The SMILES string of the molecule is CCN(CC)CCNc1nc(SC)nc2sc3c(c12)CCCC3. The summed E-state index contributed by atoms with van der Waals surface area (Å²) >= 11 is 3.50. The molecule has 126 valence electrons. The van der Waals surface area contributed by atoms with E-state index < -0.39 is 0 Å². The third-order valence-corrected chi connectivity index (χ3v) is 6.33. The fraction of sp³-hybridized carbons (Fsp3) is 0.647. The summed E-state index contributed by atoms with van der Waals surface area (Å²) in [5.41, 5.74) is 1.51. The van der Waals surface area contributed by atoms with E-state index >= 15 is 0 Å². The Kier molecular flexibility index (Phi) is 5.77. The van der Waals surface area contributed by atoms with Gasteiger partial charge in [-0.25, -0.2) is 9.97 Å². The van der Waals surface area contributed by atoms with Crippen molar-refractivity contribution in [2.45, 2.75) is 44.7 Å². The summed E-state index contributed by atoms with van der Waals surface area (Å²) < 4.78 is 0. The number of nitrogens with one attached hydrogen (secondary N) is 1. The van der Waals surface area contributed by atoms with Gasteiger partial charge in [0.1, 0.15) is 10.6 Å². The molecule has 0 amide bonds. The Balaban J connectivity index is 1.89. The van der Waals surface area contributed by atoms with Gasteiger partial charge in [0, 0.05) is 18.0 Å². The highest BCUT2D eigenvalue weighted by atomic mass is 32.2. The van der Waals surface area contributed by atoms with Crippen LogP contribution in [0.3, 0.4) is 0 Å². The van der Waals surface area contributed by atoms with Gasteiger partial charge >= 0.3 is 0 Å². The van der Waals surface area contributed by atoms with Gasteiger partial charge in [0.25, 0.3) is 0 Å². The molecule has 3 rings (SSSR count). The standard InChI is InChI=1S/C17H26N4S2/c1-4-21(5-2)11-10-18-15-14-12-8-6-7-9-13(12)23-16(14)20-17(19-15)22-3/h4-11H2,1-3H3,(H,18,19,20). The third-order valence-electron chi connectivity index (χ3n) is 4.59. The van der Waals surface area contributed by atoms with E-state index in [2.05, 4.69) is 24.1 Å². The lowest BCUT2D eigenvalue weighted by Gasteiger charge is -2.19. The molecule has 1 aliphatic rings. The molecule has 0 aliphatic heterocycles. The number of hydrogen-bond donors (Lipinski definition) is 1. The Hall–Kier alpha value is -0.850. The first-order valence-electron chi connectivity index (χ1n) is 8.59. The molecule has 23 heavy (non-hydrogen) atoms. The first kappa shape index (κ1) is 17.0. The summed E-state index contributed by atoms with van der Waals surface area (Å²) in [6.07, 6.45) is 7.05. The van der Waals surface area contributed by atoms with Gasteiger partial charge < -0.3 is 10.2 Å². The highest BCUT2D eigenvalue weighted by molar-refractivity contribution is 7.98. The lowest BCUT2D eigenvalue weighted by atomic mass is 9.97. The van der Waals surface area contributed by atoms with Gasteiger partial charge in [0.15, 0.2) is 5.16 Å². The second-order valence-corrected chi connectivity index (χ2v) is 7.76. The molecule has 2 aromatic rings. The van der Waals surface area contributed by atoms with E-state index in [1.54, 1.807) is 11.8 Å². The number of thiophene rings is 1. The summed E-state index contributed by atoms with van der Waals surface area (Å²) in [7, 11) is 0. The summed E-state index contributed by atoms with van der Waals surface area (Å²) in [5.74, 6) is 1.05. The normalized spacial score (nSPS) is 14.4. The second kappa shape index (κ2) is 7.81. The number of thioether (sulfide) groups is 1. The van der Waals surface area contributed by atoms with Crippen molar-refractivity contribution >= 4 is 39.1 Å². The van der Waals surface area contributed by atoms with Crippen molar-refractivity contribution in [1.82, 2.24) is 14.9 Å². The van der Waals surface area contributed by atoms with E-state index in [1.807, 2.05) is 17.6 Å². The molecule has 0 atom stereocenters. The van der Waals surface area contributed by atoms with Crippen LogP contribution in [0.25, 0.3) is 10.2 Å². The van der Waals surface area contributed by atoms with Crippen molar-refractivity contribution in [2.24, 2.45) is 0 Å². The maximum absolute atomic E-state index is 4.78. The summed E-state index contributed by atoms with van der Waals surface area (Å²) in [6.45, 7) is 8.62. The molecule has 0 saturated carbocycles. The summed E-state index contributed by atoms with van der Waals surface area (Å²) in [5, 5.41) is 5.77. The van der Waals surface area contributed by atoms with Crippen molar-refractivity contribution in [3.05, 3.63) is 10.4 Å². The van der Waals surface area contributed by atoms with Crippen molar-refractivity contribution in [3.8, 4) is 0 Å². The summed E-state index contributed by atoms with van der Waals surface area (Å²) in [4.78, 5) is 14.7. The zero-order chi connectivity index (χ0) is 16.2. The number of anilines is 1. The zero-order valence-electron chi connectivity index (χ0n) is 14.3. The second-order valence-electron chi connectivity index (χ2n) is 5.90. The van der Waals surface area contributed by atoms with Crippen LogP contribution in [0, 0.1) is 0 Å². The quantitative estimate of drug-likeness (QED) is 0.603. The maximum Gasteiger partial charge on any atom is 0.190 e.